The van der Waals surface area contributed by atoms with E-state index in [1.165, 1.54) is 0 Å². The molecule has 0 radical (unpaired) electrons. The average Bonchev–Trinajstić information content (AvgIpc) is 3.51. The van der Waals surface area contributed by atoms with E-state index in [0.29, 0.717) is 51.0 Å². The standard InChI is InChI=1S/C25H30ClN5O3/c1-4-31(5-2)10-11-33-21-12-18(19(26)13-20(21)32-3)23-22-16(14-27)15-28-24(22)30-25(29-23)34-17-8-6-7-9-17/h12-13,15,17H,4-11H2,1-3H3,(H,28,29,30). The van der Waals surface area contributed by atoms with Crippen molar-refractivity contribution >= 4 is 22.6 Å². The van der Waals surface area contributed by atoms with Gasteiger partial charge < -0.3 is 24.1 Å². The van der Waals surface area contributed by atoms with Crippen LogP contribution in [0.5, 0.6) is 17.5 Å². The van der Waals surface area contributed by atoms with Gasteiger partial charge in [0.2, 0.25) is 0 Å². The maximum absolute atomic E-state index is 9.68. The summed E-state index contributed by atoms with van der Waals surface area (Å²) in [5.74, 6) is 1.10. The molecule has 2 heterocycles. The zero-order valence-electron chi connectivity index (χ0n) is 19.9. The van der Waals surface area contributed by atoms with Crippen molar-refractivity contribution in [2.24, 2.45) is 0 Å². The third-order valence-electron chi connectivity index (χ3n) is 6.27. The van der Waals surface area contributed by atoms with Gasteiger partial charge in [-0.25, -0.2) is 0 Å². The Balaban J connectivity index is 1.75. The lowest BCUT2D eigenvalue weighted by atomic mass is 10.1. The van der Waals surface area contributed by atoms with Gasteiger partial charge in [-0.1, -0.05) is 25.4 Å². The first kappa shape index (κ1) is 24.1. The molecule has 0 bridgehead atoms. The van der Waals surface area contributed by atoms with Gasteiger partial charge in [0.25, 0.3) is 0 Å². The lowest BCUT2D eigenvalue weighted by Crippen LogP contribution is -2.27. The first-order chi connectivity index (χ1) is 16.6. The van der Waals surface area contributed by atoms with Gasteiger partial charge in [0.1, 0.15) is 24.4 Å². The van der Waals surface area contributed by atoms with Gasteiger partial charge in [-0.3, -0.25) is 0 Å². The van der Waals surface area contributed by atoms with Crippen LogP contribution in [-0.2, 0) is 0 Å². The van der Waals surface area contributed by atoms with E-state index in [0.717, 1.165) is 45.3 Å². The molecule has 180 valence electrons. The quantitative estimate of drug-likeness (QED) is 0.423. The molecule has 0 saturated heterocycles. The molecule has 8 nitrogen and oxygen atoms in total. The number of rotatable bonds is 10. The number of aromatic amines is 1. The summed E-state index contributed by atoms with van der Waals surface area (Å²) in [7, 11) is 1.58. The number of aromatic nitrogens is 3. The van der Waals surface area contributed by atoms with Crippen LogP contribution in [0.25, 0.3) is 22.3 Å². The molecular weight excluding hydrogens is 454 g/mol. The van der Waals surface area contributed by atoms with Crippen LogP contribution < -0.4 is 14.2 Å². The van der Waals surface area contributed by atoms with Crippen molar-refractivity contribution in [1.29, 1.82) is 5.26 Å². The number of nitriles is 1. The lowest BCUT2D eigenvalue weighted by Gasteiger charge is -2.19. The van der Waals surface area contributed by atoms with E-state index in [2.05, 4.69) is 34.8 Å². The van der Waals surface area contributed by atoms with Crippen molar-refractivity contribution in [1.82, 2.24) is 19.9 Å². The van der Waals surface area contributed by atoms with E-state index in [4.69, 9.17) is 30.8 Å². The molecule has 4 rings (SSSR count). The molecule has 0 aliphatic heterocycles. The van der Waals surface area contributed by atoms with Crippen molar-refractivity contribution in [2.75, 3.05) is 33.4 Å². The van der Waals surface area contributed by atoms with Gasteiger partial charge in [-0.2, -0.15) is 15.2 Å². The van der Waals surface area contributed by atoms with Gasteiger partial charge in [0, 0.05) is 24.4 Å². The Morgan fingerprint density at radius 3 is 2.62 bits per heavy atom. The fraction of sp³-hybridized carbons (Fsp3) is 0.480. The highest BCUT2D eigenvalue weighted by Gasteiger charge is 2.23. The predicted octanol–water partition coefficient (Wildman–Crippen LogP) is 5.20. The molecule has 0 spiro atoms. The van der Waals surface area contributed by atoms with Gasteiger partial charge in [0.15, 0.2) is 11.5 Å². The highest BCUT2D eigenvalue weighted by atomic mass is 35.5. The van der Waals surface area contributed by atoms with Crippen LogP contribution in [0.4, 0.5) is 0 Å². The third-order valence-corrected chi connectivity index (χ3v) is 6.59. The number of methoxy groups -OCH3 is 1. The molecule has 0 unspecified atom stereocenters. The Kier molecular flexibility index (Phi) is 7.76. The van der Waals surface area contributed by atoms with Gasteiger partial charge in [-0.05, 0) is 44.8 Å². The zero-order chi connectivity index (χ0) is 24.1. The molecule has 0 atom stereocenters. The molecular formula is C25H30ClN5O3. The number of benzene rings is 1. The number of ether oxygens (including phenoxy) is 3. The maximum atomic E-state index is 9.68. The Hall–Kier alpha value is -3.02. The summed E-state index contributed by atoms with van der Waals surface area (Å²) in [4.78, 5) is 14.6. The van der Waals surface area contributed by atoms with Crippen LogP contribution in [0.3, 0.4) is 0 Å². The SMILES string of the molecule is CCN(CC)CCOc1cc(-c2nc(OC3CCCC3)nc3[nH]cc(C#N)c23)c(Cl)cc1OC. The highest BCUT2D eigenvalue weighted by molar-refractivity contribution is 6.34. The normalized spacial score (nSPS) is 14.0. The Labute approximate surface area is 204 Å². The van der Waals surface area contributed by atoms with E-state index in [1.807, 2.05) is 6.07 Å². The van der Waals surface area contributed by atoms with Crippen LogP contribution >= 0.6 is 11.6 Å². The molecule has 34 heavy (non-hydrogen) atoms. The molecule has 1 N–H and O–H groups in total. The number of nitrogens with one attached hydrogen (secondary N) is 1. The summed E-state index contributed by atoms with van der Waals surface area (Å²) >= 11 is 6.69. The molecule has 9 heteroatoms. The summed E-state index contributed by atoms with van der Waals surface area (Å²) in [6.07, 6.45) is 5.97. The second kappa shape index (κ2) is 10.9. The van der Waals surface area contributed by atoms with E-state index in [9.17, 15) is 5.26 Å². The Morgan fingerprint density at radius 2 is 1.94 bits per heavy atom. The number of likely N-dealkylation sites (N-methyl/N-ethyl adjacent to an activating group) is 1. The first-order valence-corrected chi connectivity index (χ1v) is 12.1. The fourth-order valence-corrected chi connectivity index (χ4v) is 4.56. The van der Waals surface area contributed by atoms with E-state index in [-0.39, 0.29) is 12.1 Å². The molecule has 2 aromatic heterocycles. The molecule has 1 aliphatic rings. The summed E-state index contributed by atoms with van der Waals surface area (Å²) in [6, 6.07) is 6.02. The van der Waals surface area contributed by atoms with E-state index < -0.39 is 0 Å². The topological polar surface area (TPSA) is 96.3 Å². The van der Waals surface area contributed by atoms with Gasteiger partial charge in [0.05, 0.1) is 28.8 Å². The number of hydrogen-bond donors (Lipinski definition) is 1. The van der Waals surface area contributed by atoms with Crippen molar-refractivity contribution in [2.45, 2.75) is 45.6 Å². The van der Waals surface area contributed by atoms with Crippen molar-refractivity contribution in [3.63, 3.8) is 0 Å². The zero-order valence-corrected chi connectivity index (χ0v) is 20.6. The summed E-state index contributed by atoms with van der Waals surface area (Å²) < 4.78 is 17.7. The second-order valence-corrected chi connectivity index (χ2v) is 8.68. The molecule has 3 aromatic rings. The second-order valence-electron chi connectivity index (χ2n) is 8.28. The third kappa shape index (κ3) is 5.06. The van der Waals surface area contributed by atoms with Gasteiger partial charge >= 0.3 is 6.01 Å². The molecule has 1 fully saturated rings. The highest BCUT2D eigenvalue weighted by Crippen LogP contribution is 2.41. The Morgan fingerprint density at radius 1 is 1.18 bits per heavy atom. The first-order valence-electron chi connectivity index (χ1n) is 11.8. The number of H-pyrrole nitrogens is 1. The summed E-state index contributed by atoms with van der Waals surface area (Å²) in [5, 5.41) is 10.7. The number of nitrogens with zero attached hydrogens (tertiary/aromatic N) is 4. The molecule has 1 saturated carbocycles. The maximum Gasteiger partial charge on any atom is 0.319 e. The monoisotopic (exact) mass is 483 g/mol. The number of halogens is 1. The van der Waals surface area contributed by atoms with Crippen LogP contribution in [0.15, 0.2) is 18.3 Å². The summed E-state index contributed by atoms with van der Waals surface area (Å²) in [6.45, 7) is 7.45. The molecule has 1 aliphatic carbocycles. The minimum absolute atomic E-state index is 0.0982. The molecule has 1 aromatic carbocycles. The van der Waals surface area contributed by atoms with E-state index in [1.54, 1.807) is 19.4 Å². The molecule has 0 amide bonds. The Bertz CT molecular complexity index is 1180. The number of fused-ring (bicyclic) bond motifs is 1. The minimum Gasteiger partial charge on any atom is -0.493 e. The fourth-order valence-electron chi connectivity index (χ4n) is 4.32. The van der Waals surface area contributed by atoms with Crippen LogP contribution in [0.2, 0.25) is 5.02 Å². The van der Waals surface area contributed by atoms with Crippen LogP contribution in [0.1, 0.15) is 45.1 Å². The average molecular weight is 484 g/mol. The lowest BCUT2D eigenvalue weighted by molar-refractivity contribution is 0.193. The van der Waals surface area contributed by atoms with E-state index >= 15 is 0 Å². The van der Waals surface area contributed by atoms with Crippen LogP contribution in [0, 0.1) is 11.3 Å². The minimum atomic E-state index is 0.0982. The van der Waals surface area contributed by atoms with Gasteiger partial charge in [-0.15, -0.1) is 0 Å². The van der Waals surface area contributed by atoms with Crippen molar-refractivity contribution < 1.29 is 14.2 Å². The largest absolute Gasteiger partial charge is 0.493 e. The summed E-state index contributed by atoms with van der Waals surface area (Å²) in [5.41, 5.74) is 2.12. The number of hydrogen-bond acceptors (Lipinski definition) is 7. The smallest absolute Gasteiger partial charge is 0.319 e. The van der Waals surface area contributed by atoms with Crippen LogP contribution in [-0.4, -0.2) is 59.3 Å². The van der Waals surface area contributed by atoms with Crippen molar-refractivity contribution in [3.8, 4) is 34.8 Å². The van der Waals surface area contributed by atoms with Crippen molar-refractivity contribution in [3.05, 3.63) is 28.9 Å². The predicted molar refractivity (Wildman–Crippen MR) is 132 cm³/mol.